The number of aryl methyl sites for hydroxylation is 1. The van der Waals surface area contributed by atoms with Crippen molar-refractivity contribution in [2.75, 3.05) is 4.90 Å². The highest BCUT2D eigenvalue weighted by atomic mass is 32.1. The largest absolute Gasteiger partial charge is 0.507 e. The van der Waals surface area contributed by atoms with E-state index in [1.54, 1.807) is 19.1 Å². The Hall–Kier alpha value is -3.52. The smallest absolute Gasteiger partial charge is 0.301 e. The van der Waals surface area contributed by atoms with Gasteiger partial charge in [0.05, 0.1) is 11.6 Å². The first-order valence-electron chi connectivity index (χ1n) is 11.6. The maximum Gasteiger partial charge on any atom is 0.301 e. The fraction of sp³-hybridized carbons (Fsp3) is 0.333. The number of nitrogens with zero attached hydrogens (tertiary/aromatic N) is 3. The van der Waals surface area contributed by atoms with Crippen LogP contribution in [0.5, 0.6) is 5.75 Å². The number of ether oxygens (including phenoxy) is 1. The molecule has 7 nitrogen and oxygen atoms in total. The molecule has 2 aliphatic heterocycles. The van der Waals surface area contributed by atoms with Crippen molar-refractivity contribution in [3.8, 4) is 5.75 Å². The summed E-state index contributed by atoms with van der Waals surface area (Å²) >= 11 is 1.23. The van der Waals surface area contributed by atoms with Crippen LogP contribution in [0, 0.1) is 6.92 Å². The minimum atomic E-state index is -0.820. The van der Waals surface area contributed by atoms with Gasteiger partial charge in [0.15, 0.2) is 0 Å². The van der Waals surface area contributed by atoms with Crippen molar-refractivity contribution in [2.45, 2.75) is 58.6 Å². The summed E-state index contributed by atoms with van der Waals surface area (Å²) in [5.41, 5.74) is 3.26. The Balaban J connectivity index is 1.67. The Kier molecular flexibility index (Phi) is 5.51. The second-order valence-electron chi connectivity index (χ2n) is 10.1. The number of rotatable bonds is 3. The zero-order valence-electron chi connectivity index (χ0n) is 20.3. The molecule has 0 unspecified atom stereocenters. The van der Waals surface area contributed by atoms with Crippen molar-refractivity contribution in [1.29, 1.82) is 0 Å². The van der Waals surface area contributed by atoms with Gasteiger partial charge in [-0.2, -0.15) is 0 Å². The van der Waals surface area contributed by atoms with Gasteiger partial charge in [-0.15, -0.1) is 10.2 Å². The molecule has 1 saturated heterocycles. The molecule has 1 amide bonds. The van der Waals surface area contributed by atoms with Gasteiger partial charge in [0.1, 0.15) is 22.6 Å². The van der Waals surface area contributed by atoms with Crippen molar-refractivity contribution in [1.82, 2.24) is 10.2 Å². The van der Waals surface area contributed by atoms with E-state index in [2.05, 4.69) is 31.0 Å². The molecular weight excluding hydrogens is 462 g/mol. The molecule has 2 aliphatic rings. The van der Waals surface area contributed by atoms with E-state index < -0.39 is 17.7 Å². The van der Waals surface area contributed by atoms with Crippen LogP contribution in [-0.2, 0) is 21.4 Å². The van der Waals surface area contributed by atoms with Gasteiger partial charge < -0.3 is 9.84 Å². The standard InChI is InChI=1S/C27H27N3O4S/c1-14-12-18-13-17(8-11-20(18)34-14)23(31)21-22(16-6-9-19(10-7-16)27(3,4)5)30(25(33)24(21)32)26-29-28-15(2)35-26/h6-11,13-14,22,31H,12H2,1-5H3/t14-,22+/m1/s1. The lowest BCUT2D eigenvalue weighted by molar-refractivity contribution is -0.132. The number of carbonyl (C=O) groups excluding carboxylic acids is 2. The van der Waals surface area contributed by atoms with Crippen LogP contribution in [0.3, 0.4) is 0 Å². The zero-order valence-corrected chi connectivity index (χ0v) is 21.1. The molecule has 35 heavy (non-hydrogen) atoms. The molecule has 0 aliphatic carbocycles. The average molecular weight is 490 g/mol. The van der Waals surface area contributed by atoms with Gasteiger partial charge in [-0.25, -0.2) is 0 Å². The number of hydrogen-bond acceptors (Lipinski definition) is 7. The van der Waals surface area contributed by atoms with E-state index in [9.17, 15) is 14.7 Å². The number of fused-ring (bicyclic) bond motifs is 1. The third-order valence-electron chi connectivity index (χ3n) is 6.43. The molecule has 3 aromatic rings. The van der Waals surface area contributed by atoms with E-state index in [1.807, 2.05) is 37.3 Å². The summed E-state index contributed by atoms with van der Waals surface area (Å²) in [6.07, 6.45) is 0.766. The van der Waals surface area contributed by atoms with Crippen LogP contribution in [0.25, 0.3) is 5.76 Å². The fourth-order valence-corrected chi connectivity index (χ4v) is 5.33. The van der Waals surface area contributed by atoms with E-state index in [4.69, 9.17) is 4.74 Å². The number of anilines is 1. The van der Waals surface area contributed by atoms with Crippen molar-refractivity contribution in [3.63, 3.8) is 0 Å². The molecule has 1 aromatic heterocycles. The predicted molar refractivity (Wildman–Crippen MR) is 135 cm³/mol. The third kappa shape index (κ3) is 4.01. The number of amides is 1. The highest BCUT2D eigenvalue weighted by Crippen LogP contribution is 2.44. The second kappa shape index (κ2) is 8.30. The fourth-order valence-electron chi connectivity index (χ4n) is 4.62. The van der Waals surface area contributed by atoms with E-state index in [0.29, 0.717) is 27.7 Å². The molecule has 0 bridgehead atoms. The number of aromatic nitrogens is 2. The monoisotopic (exact) mass is 489 g/mol. The number of Topliss-reactive ketones (excluding diaryl/α,β-unsaturated/α-hetero) is 1. The lowest BCUT2D eigenvalue weighted by Crippen LogP contribution is -2.29. The van der Waals surface area contributed by atoms with Crippen LogP contribution >= 0.6 is 11.3 Å². The van der Waals surface area contributed by atoms with E-state index in [0.717, 1.165) is 16.9 Å². The first kappa shape index (κ1) is 23.2. The first-order chi connectivity index (χ1) is 16.5. The highest BCUT2D eigenvalue weighted by molar-refractivity contribution is 7.15. The third-order valence-corrected chi connectivity index (χ3v) is 7.27. The summed E-state index contributed by atoms with van der Waals surface area (Å²) in [5, 5.41) is 20.6. The summed E-state index contributed by atoms with van der Waals surface area (Å²) in [4.78, 5) is 27.9. The maximum atomic E-state index is 13.3. The van der Waals surface area contributed by atoms with Crippen LogP contribution in [0.2, 0.25) is 0 Å². The SMILES string of the molecule is Cc1nnc(N2C(=O)C(=O)C(=C(O)c3ccc4c(c3)C[C@@H](C)O4)[C@@H]2c2ccc(C(C)(C)C)cc2)s1. The summed E-state index contributed by atoms with van der Waals surface area (Å²) < 4.78 is 5.77. The Morgan fingerprint density at radius 1 is 1.11 bits per heavy atom. The molecular formula is C27H27N3O4S. The number of aliphatic hydroxyl groups is 1. The molecule has 2 aromatic carbocycles. The van der Waals surface area contributed by atoms with Crippen molar-refractivity contribution in [3.05, 3.63) is 75.3 Å². The molecule has 3 heterocycles. The summed E-state index contributed by atoms with van der Waals surface area (Å²) in [6.45, 7) is 10.1. The number of ketones is 1. The summed E-state index contributed by atoms with van der Waals surface area (Å²) in [5.74, 6) is -0.913. The molecule has 0 saturated carbocycles. The first-order valence-corrected chi connectivity index (χ1v) is 12.4. The minimum Gasteiger partial charge on any atom is -0.507 e. The van der Waals surface area contributed by atoms with Gasteiger partial charge in [-0.3, -0.25) is 14.5 Å². The molecule has 8 heteroatoms. The zero-order chi connectivity index (χ0) is 25.1. The van der Waals surface area contributed by atoms with Gasteiger partial charge in [-0.1, -0.05) is 56.4 Å². The molecule has 0 radical (unpaired) electrons. The molecule has 1 fully saturated rings. The predicted octanol–water partition coefficient (Wildman–Crippen LogP) is 5.09. The minimum absolute atomic E-state index is 0.0401. The van der Waals surface area contributed by atoms with Crippen LogP contribution in [-0.4, -0.2) is 33.1 Å². The van der Waals surface area contributed by atoms with Gasteiger partial charge in [0, 0.05) is 12.0 Å². The number of carbonyl (C=O) groups is 2. The Morgan fingerprint density at radius 2 is 1.83 bits per heavy atom. The number of hydrogen-bond donors (Lipinski definition) is 1. The maximum absolute atomic E-state index is 13.3. The summed E-state index contributed by atoms with van der Waals surface area (Å²) in [7, 11) is 0. The molecule has 2 atom stereocenters. The van der Waals surface area contributed by atoms with E-state index in [-0.39, 0.29) is 22.9 Å². The topological polar surface area (TPSA) is 92.6 Å². The Labute approximate surface area is 208 Å². The Morgan fingerprint density at radius 3 is 2.46 bits per heavy atom. The van der Waals surface area contributed by atoms with Crippen molar-refractivity contribution >= 4 is 33.9 Å². The lowest BCUT2D eigenvalue weighted by Gasteiger charge is -2.24. The average Bonchev–Trinajstić information content (AvgIpc) is 3.47. The number of benzene rings is 2. The highest BCUT2D eigenvalue weighted by Gasteiger charge is 2.48. The molecule has 1 N–H and O–H groups in total. The molecule has 180 valence electrons. The van der Waals surface area contributed by atoms with Gasteiger partial charge in [0.25, 0.3) is 5.78 Å². The van der Waals surface area contributed by atoms with Gasteiger partial charge >= 0.3 is 5.91 Å². The molecule has 5 rings (SSSR count). The van der Waals surface area contributed by atoms with Crippen LogP contribution in [0.4, 0.5) is 5.13 Å². The quantitative estimate of drug-likeness (QED) is 0.313. The normalized spacial score (nSPS) is 21.3. The van der Waals surface area contributed by atoms with E-state index in [1.165, 1.54) is 16.2 Å². The van der Waals surface area contributed by atoms with E-state index >= 15 is 0 Å². The molecule has 0 spiro atoms. The summed E-state index contributed by atoms with van der Waals surface area (Å²) in [6, 6.07) is 12.3. The second-order valence-corrected chi connectivity index (χ2v) is 11.3. The van der Waals surface area contributed by atoms with Crippen molar-refractivity contribution < 1.29 is 19.4 Å². The van der Waals surface area contributed by atoms with Crippen LogP contribution in [0.1, 0.15) is 61.0 Å². The number of aliphatic hydroxyl groups excluding tert-OH is 1. The Bertz CT molecular complexity index is 1370. The van der Waals surface area contributed by atoms with Gasteiger partial charge in [0.2, 0.25) is 5.13 Å². The van der Waals surface area contributed by atoms with Gasteiger partial charge in [-0.05, 0) is 54.2 Å². The van der Waals surface area contributed by atoms with Crippen molar-refractivity contribution in [2.24, 2.45) is 0 Å². The van der Waals surface area contributed by atoms with Crippen LogP contribution < -0.4 is 9.64 Å². The lowest BCUT2D eigenvalue weighted by atomic mass is 9.85. The van der Waals surface area contributed by atoms with Crippen LogP contribution in [0.15, 0.2) is 48.0 Å².